The third-order valence-corrected chi connectivity index (χ3v) is 9.44. The highest BCUT2D eigenvalue weighted by molar-refractivity contribution is 8.25. The second-order valence-electron chi connectivity index (χ2n) is 8.90. The molecule has 1 aliphatic heterocycles. The fourth-order valence-corrected chi connectivity index (χ4v) is 6.79. The second kappa shape index (κ2) is 9.13. The number of hydrogen-bond donors (Lipinski definition) is 1. The topological polar surface area (TPSA) is 80.3 Å². The van der Waals surface area contributed by atoms with E-state index in [0.717, 1.165) is 11.1 Å². The van der Waals surface area contributed by atoms with E-state index >= 15 is 0 Å². The number of unbranched alkanes of at least 4 members (excludes halogenated alkanes) is 1. The van der Waals surface area contributed by atoms with Gasteiger partial charge in [-0.2, -0.15) is 0 Å². The Morgan fingerprint density at radius 2 is 1.62 bits per heavy atom. The van der Waals surface area contributed by atoms with E-state index in [1.807, 2.05) is 19.1 Å². The van der Waals surface area contributed by atoms with Crippen molar-refractivity contribution in [2.45, 2.75) is 61.3 Å². The molecule has 168 valence electrons. The summed E-state index contributed by atoms with van der Waals surface area (Å²) in [4.78, 5) is 24.6. The summed E-state index contributed by atoms with van der Waals surface area (Å²) >= 11 is 0.550. The number of nitrogens with one attached hydrogen (secondary N) is 1. The smallest absolute Gasteiger partial charge is 0.285 e. The zero-order valence-electron chi connectivity index (χ0n) is 18.7. The maximum atomic E-state index is 13.4. The fourth-order valence-electron chi connectivity index (χ4n) is 3.42. The van der Waals surface area contributed by atoms with Crippen LogP contribution in [0.5, 0.6) is 0 Å². The van der Waals surface area contributed by atoms with Crippen molar-refractivity contribution >= 4 is 32.7 Å². The molecule has 1 N–H and O–H groups in total. The van der Waals surface area contributed by atoms with Crippen molar-refractivity contribution in [1.82, 2.24) is 5.32 Å². The molecule has 1 fully saturated rings. The van der Waals surface area contributed by atoms with Crippen LogP contribution in [-0.4, -0.2) is 23.6 Å². The van der Waals surface area contributed by atoms with E-state index < -0.39 is 25.1 Å². The van der Waals surface area contributed by atoms with Crippen LogP contribution in [0.3, 0.4) is 0 Å². The summed E-state index contributed by atoms with van der Waals surface area (Å²) in [5, 5.41) is 1.51. The van der Waals surface area contributed by atoms with Gasteiger partial charge in [-0.15, -0.1) is 0 Å². The molecule has 7 heteroatoms. The minimum atomic E-state index is -4.08. The predicted octanol–water partition coefficient (Wildman–Crippen LogP) is 4.97. The number of benzene rings is 2. The number of thioether (sulfide) groups is 1. The maximum absolute atomic E-state index is 13.4. The predicted molar refractivity (Wildman–Crippen MR) is 128 cm³/mol. The molecular formula is C25H27NO4S2. The van der Waals surface area contributed by atoms with Crippen LogP contribution in [-0.2, 0) is 20.0 Å². The van der Waals surface area contributed by atoms with Gasteiger partial charge in [-0.05, 0) is 66.8 Å². The van der Waals surface area contributed by atoms with Crippen LogP contribution in [0.1, 0.15) is 56.7 Å². The Labute approximate surface area is 194 Å². The van der Waals surface area contributed by atoms with Gasteiger partial charge >= 0.3 is 0 Å². The zero-order chi connectivity index (χ0) is 23.6. The molecule has 1 unspecified atom stereocenters. The van der Waals surface area contributed by atoms with E-state index in [4.69, 9.17) is 0 Å². The van der Waals surface area contributed by atoms with Crippen molar-refractivity contribution in [3.8, 4) is 11.8 Å². The first-order chi connectivity index (χ1) is 15.0. The standard InChI is InChI=1S/C25H27NO4S2/c1-18-9-15-21(16-10-18)32(29,30)25(22(27)26-23(28)31-25)17-7-5-6-8-19-11-13-20(14-12-19)24(2,3)4/h9-16H,5,7,17H2,1-4H3,(H,26,27,28). The first-order valence-corrected chi connectivity index (χ1v) is 12.7. The summed E-state index contributed by atoms with van der Waals surface area (Å²) in [6.07, 6.45) is 0.781. The highest BCUT2D eigenvalue weighted by Crippen LogP contribution is 2.44. The van der Waals surface area contributed by atoms with Gasteiger partial charge in [-0.3, -0.25) is 14.9 Å². The average molecular weight is 470 g/mol. The highest BCUT2D eigenvalue weighted by Gasteiger charge is 2.57. The monoisotopic (exact) mass is 469 g/mol. The van der Waals surface area contributed by atoms with Crippen LogP contribution in [0, 0.1) is 18.8 Å². The number of aryl methyl sites for hydroxylation is 1. The van der Waals surface area contributed by atoms with Crippen LogP contribution in [0.2, 0.25) is 0 Å². The van der Waals surface area contributed by atoms with Crippen LogP contribution in [0.4, 0.5) is 4.79 Å². The molecule has 0 aliphatic carbocycles. The number of sulfone groups is 1. The van der Waals surface area contributed by atoms with Crippen molar-refractivity contribution in [1.29, 1.82) is 0 Å². The van der Waals surface area contributed by atoms with Gasteiger partial charge in [-0.25, -0.2) is 8.42 Å². The summed E-state index contributed by atoms with van der Waals surface area (Å²) in [5.74, 6) is 5.36. The molecule has 3 rings (SSSR count). The number of carbonyl (C=O) groups excluding carboxylic acids is 2. The lowest BCUT2D eigenvalue weighted by Crippen LogP contribution is -2.43. The average Bonchev–Trinajstić information content (AvgIpc) is 3.02. The molecule has 1 aliphatic rings. The van der Waals surface area contributed by atoms with Crippen molar-refractivity contribution in [2.24, 2.45) is 0 Å². The molecule has 2 aromatic carbocycles. The Hall–Kier alpha value is -2.56. The summed E-state index contributed by atoms with van der Waals surface area (Å²) < 4.78 is 24.8. The van der Waals surface area contributed by atoms with Crippen molar-refractivity contribution in [3.05, 3.63) is 65.2 Å². The Balaban J connectivity index is 1.75. The van der Waals surface area contributed by atoms with Gasteiger partial charge in [0.05, 0.1) is 4.90 Å². The van der Waals surface area contributed by atoms with Gasteiger partial charge in [0.25, 0.3) is 11.1 Å². The Morgan fingerprint density at radius 1 is 1.00 bits per heavy atom. The van der Waals surface area contributed by atoms with Crippen LogP contribution < -0.4 is 5.32 Å². The third kappa shape index (κ3) is 4.92. The minimum absolute atomic E-state index is 0.00307. The molecule has 0 radical (unpaired) electrons. The molecule has 1 atom stereocenters. The van der Waals surface area contributed by atoms with E-state index in [1.165, 1.54) is 17.7 Å². The first kappa shape index (κ1) is 24.1. The zero-order valence-corrected chi connectivity index (χ0v) is 20.3. The van der Waals surface area contributed by atoms with Gasteiger partial charge in [0, 0.05) is 12.0 Å². The number of hydrogen-bond acceptors (Lipinski definition) is 5. The fraction of sp³-hybridized carbons (Fsp3) is 0.360. The van der Waals surface area contributed by atoms with Crippen LogP contribution in [0.15, 0.2) is 53.4 Å². The lowest BCUT2D eigenvalue weighted by molar-refractivity contribution is -0.120. The molecule has 1 heterocycles. The lowest BCUT2D eigenvalue weighted by atomic mass is 9.87. The van der Waals surface area contributed by atoms with Gasteiger partial charge in [-0.1, -0.05) is 62.4 Å². The Morgan fingerprint density at radius 3 is 2.16 bits per heavy atom. The molecule has 0 saturated carbocycles. The normalized spacial score (nSPS) is 18.8. The number of rotatable bonds is 5. The second-order valence-corrected chi connectivity index (χ2v) is 12.6. The number of amides is 2. The number of carbonyl (C=O) groups is 2. The van der Waals surface area contributed by atoms with E-state index in [1.54, 1.807) is 12.1 Å². The van der Waals surface area contributed by atoms with E-state index in [-0.39, 0.29) is 16.7 Å². The van der Waals surface area contributed by atoms with Gasteiger partial charge in [0.2, 0.25) is 13.9 Å². The van der Waals surface area contributed by atoms with E-state index in [0.29, 0.717) is 24.6 Å². The molecule has 0 spiro atoms. The Kier molecular flexibility index (Phi) is 6.87. The third-order valence-electron chi connectivity index (χ3n) is 5.38. The van der Waals surface area contributed by atoms with Crippen molar-refractivity contribution in [2.75, 3.05) is 0 Å². The molecule has 1 saturated heterocycles. The van der Waals surface area contributed by atoms with Crippen LogP contribution in [0.25, 0.3) is 0 Å². The molecular weight excluding hydrogens is 442 g/mol. The van der Waals surface area contributed by atoms with Crippen LogP contribution >= 0.6 is 11.8 Å². The van der Waals surface area contributed by atoms with Crippen molar-refractivity contribution in [3.63, 3.8) is 0 Å². The number of imide groups is 1. The maximum Gasteiger partial charge on any atom is 0.287 e. The summed E-state index contributed by atoms with van der Waals surface area (Å²) in [6, 6.07) is 14.4. The molecule has 5 nitrogen and oxygen atoms in total. The first-order valence-electron chi connectivity index (χ1n) is 10.4. The summed E-state index contributed by atoms with van der Waals surface area (Å²) in [6.45, 7) is 8.30. The summed E-state index contributed by atoms with van der Waals surface area (Å²) in [5.41, 5.74) is 3.08. The molecule has 32 heavy (non-hydrogen) atoms. The molecule has 0 bridgehead atoms. The SMILES string of the molecule is Cc1ccc(S(=O)(=O)C2(CCCC#Cc3ccc(C(C)(C)C)cc3)SC(=O)NC2=O)cc1. The largest absolute Gasteiger partial charge is 0.287 e. The Bertz CT molecular complexity index is 1180. The van der Waals surface area contributed by atoms with E-state index in [2.05, 4.69) is 50.1 Å². The minimum Gasteiger partial charge on any atom is -0.285 e. The van der Waals surface area contributed by atoms with E-state index in [9.17, 15) is 18.0 Å². The highest BCUT2D eigenvalue weighted by atomic mass is 32.3. The van der Waals surface area contributed by atoms with Gasteiger partial charge < -0.3 is 0 Å². The van der Waals surface area contributed by atoms with Crippen molar-refractivity contribution < 1.29 is 18.0 Å². The van der Waals surface area contributed by atoms with Gasteiger partial charge in [0.15, 0.2) is 0 Å². The molecule has 0 aromatic heterocycles. The summed E-state index contributed by atoms with van der Waals surface area (Å²) in [7, 11) is -4.08. The quantitative estimate of drug-likeness (QED) is 0.494. The molecule has 2 aromatic rings. The van der Waals surface area contributed by atoms with Gasteiger partial charge in [0.1, 0.15) is 0 Å². The lowest BCUT2D eigenvalue weighted by Gasteiger charge is -2.24. The molecule has 2 amide bonds.